The van der Waals surface area contributed by atoms with Gasteiger partial charge in [-0.25, -0.2) is 18.4 Å². The maximum absolute atomic E-state index is 12.9. The molecule has 1 fully saturated rings. The van der Waals surface area contributed by atoms with Gasteiger partial charge in [-0.15, -0.1) is 0 Å². The molecule has 9 heteroatoms. The van der Waals surface area contributed by atoms with Crippen molar-refractivity contribution >= 4 is 10.0 Å². The maximum atomic E-state index is 12.9. The summed E-state index contributed by atoms with van der Waals surface area (Å²) >= 11 is 0. The zero-order valence-corrected chi connectivity index (χ0v) is 15.8. The van der Waals surface area contributed by atoms with Gasteiger partial charge in [0.2, 0.25) is 10.0 Å². The van der Waals surface area contributed by atoms with Crippen molar-refractivity contribution in [1.82, 2.24) is 24.5 Å². The van der Waals surface area contributed by atoms with Crippen LogP contribution in [0.4, 0.5) is 0 Å². The highest BCUT2D eigenvalue weighted by Crippen LogP contribution is 2.29. The van der Waals surface area contributed by atoms with Gasteiger partial charge in [-0.2, -0.15) is 14.7 Å². The van der Waals surface area contributed by atoms with E-state index in [9.17, 15) is 8.42 Å². The predicted octanol–water partition coefficient (Wildman–Crippen LogP) is 2.31. The third kappa shape index (κ3) is 3.52. The fraction of sp³-hybridized carbons (Fsp3) is 0.263. The van der Waals surface area contributed by atoms with Crippen LogP contribution in [-0.2, 0) is 10.0 Å². The summed E-state index contributed by atoms with van der Waals surface area (Å²) in [5.41, 5.74) is 1.10. The van der Waals surface area contributed by atoms with Crippen molar-refractivity contribution in [1.29, 1.82) is 5.26 Å². The number of benzene rings is 1. The van der Waals surface area contributed by atoms with Crippen LogP contribution in [0.15, 0.2) is 53.6 Å². The number of nitriles is 1. The van der Waals surface area contributed by atoms with Crippen molar-refractivity contribution in [2.75, 3.05) is 13.1 Å². The van der Waals surface area contributed by atoms with E-state index in [1.807, 2.05) is 36.4 Å². The Labute approximate surface area is 162 Å². The average molecular weight is 394 g/mol. The lowest BCUT2D eigenvalue weighted by atomic mass is 9.99. The highest BCUT2D eigenvalue weighted by atomic mass is 32.2. The molecule has 1 saturated heterocycles. The van der Waals surface area contributed by atoms with E-state index in [0.717, 1.165) is 18.4 Å². The van der Waals surface area contributed by atoms with E-state index in [2.05, 4.69) is 20.2 Å². The Morgan fingerprint density at radius 1 is 1.18 bits per heavy atom. The second kappa shape index (κ2) is 7.50. The van der Waals surface area contributed by atoms with Crippen molar-refractivity contribution in [2.45, 2.75) is 23.7 Å². The second-order valence-corrected chi connectivity index (χ2v) is 8.54. The number of hydrogen-bond donors (Lipinski definition) is 1. The van der Waals surface area contributed by atoms with Gasteiger partial charge in [-0.3, -0.25) is 5.10 Å². The number of aromatic nitrogens is 4. The van der Waals surface area contributed by atoms with Gasteiger partial charge in [-0.1, -0.05) is 30.3 Å². The highest BCUT2D eigenvalue weighted by molar-refractivity contribution is 7.89. The van der Waals surface area contributed by atoms with E-state index in [1.54, 1.807) is 0 Å². The van der Waals surface area contributed by atoms with E-state index in [1.165, 1.54) is 22.6 Å². The molecule has 8 nitrogen and oxygen atoms in total. The van der Waals surface area contributed by atoms with Gasteiger partial charge in [0, 0.05) is 30.8 Å². The Balaban J connectivity index is 1.54. The van der Waals surface area contributed by atoms with Gasteiger partial charge in [0.15, 0.2) is 5.82 Å². The lowest BCUT2D eigenvalue weighted by Crippen LogP contribution is -2.39. The van der Waals surface area contributed by atoms with Crippen molar-refractivity contribution in [2.24, 2.45) is 0 Å². The molecule has 0 saturated carbocycles. The molecule has 0 aliphatic carbocycles. The molecule has 1 atom stereocenters. The van der Waals surface area contributed by atoms with E-state index >= 15 is 0 Å². The topological polar surface area (TPSA) is 116 Å². The Hall–Kier alpha value is -3.09. The molecule has 2 aromatic heterocycles. The number of piperidine rings is 1. The Kier molecular flexibility index (Phi) is 4.90. The molecule has 1 aliphatic rings. The molecule has 142 valence electrons. The van der Waals surface area contributed by atoms with Crippen LogP contribution < -0.4 is 0 Å². The van der Waals surface area contributed by atoms with Gasteiger partial charge in [0.1, 0.15) is 22.5 Å². The Morgan fingerprint density at radius 2 is 2.00 bits per heavy atom. The average Bonchev–Trinajstić information content (AvgIpc) is 3.25. The third-order valence-electron chi connectivity index (χ3n) is 4.79. The first kappa shape index (κ1) is 18.3. The lowest BCUT2D eigenvalue weighted by Gasteiger charge is -2.30. The smallest absolute Gasteiger partial charge is 0.244 e. The second-order valence-electron chi connectivity index (χ2n) is 6.60. The molecule has 28 heavy (non-hydrogen) atoms. The molecule has 1 aromatic carbocycles. The summed E-state index contributed by atoms with van der Waals surface area (Å²) in [7, 11) is -3.67. The number of aromatic amines is 1. The van der Waals surface area contributed by atoms with Crippen molar-refractivity contribution in [3.63, 3.8) is 0 Å². The lowest BCUT2D eigenvalue weighted by molar-refractivity contribution is 0.309. The summed E-state index contributed by atoms with van der Waals surface area (Å²) in [6, 6.07) is 14.4. The molecule has 0 bridgehead atoms. The predicted molar refractivity (Wildman–Crippen MR) is 102 cm³/mol. The number of nitrogens with zero attached hydrogens (tertiary/aromatic N) is 5. The van der Waals surface area contributed by atoms with E-state index < -0.39 is 10.0 Å². The summed E-state index contributed by atoms with van der Waals surface area (Å²) in [6.45, 7) is 0.768. The molecule has 1 aliphatic heterocycles. The summed E-state index contributed by atoms with van der Waals surface area (Å²) in [4.78, 5) is 8.55. The SMILES string of the molecule is N#Cc1ccc(S(=O)(=O)N2CCCC(c3nc(-c4ccccc4)n[nH]3)C2)cn1. The quantitative estimate of drug-likeness (QED) is 0.726. The minimum absolute atomic E-state index is 0.0557. The molecular formula is C19H18N6O2S. The van der Waals surface area contributed by atoms with Crippen molar-refractivity contribution in [3.05, 3.63) is 60.2 Å². The molecule has 0 radical (unpaired) electrons. The number of H-pyrrole nitrogens is 1. The number of rotatable bonds is 4. The molecule has 0 amide bonds. The summed E-state index contributed by atoms with van der Waals surface area (Å²) in [6.07, 6.45) is 2.80. The zero-order valence-electron chi connectivity index (χ0n) is 15.0. The standard InChI is InChI=1S/C19H18N6O2S/c20-11-16-8-9-17(12-21-16)28(26,27)25-10-4-7-15(13-25)19-22-18(23-24-19)14-5-2-1-3-6-14/h1-3,5-6,8-9,12,15H,4,7,10,13H2,(H,22,23,24). The first-order valence-electron chi connectivity index (χ1n) is 8.92. The van der Waals surface area contributed by atoms with Gasteiger partial charge < -0.3 is 0 Å². The molecular weight excluding hydrogens is 376 g/mol. The first-order valence-corrected chi connectivity index (χ1v) is 10.4. The molecule has 3 heterocycles. The fourth-order valence-corrected chi connectivity index (χ4v) is 4.77. The van der Waals surface area contributed by atoms with Gasteiger partial charge in [0.25, 0.3) is 0 Å². The van der Waals surface area contributed by atoms with E-state index in [-0.39, 0.29) is 16.5 Å². The number of nitrogens with one attached hydrogen (secondary N) is 1. The summed E-state index contributed by atoms with van der Waals surface area (Å²) in [5, 5.41) is 16.1. The largest absolute Gasteiger partial charge is 0.262 e. The van der Waals surface area contributed by atoms with Crippen LogP contribution >= 0.6 is 0 Å². The number of pyridine rings is 1. The fourth-order valence-electron chi connectivity index (χ4n) is 3.31. The number of hydrogen-bond acceptors (Lipinski definition) is 6. The zero-order chi connectivity index (χ0) is 19.6. The maximum Gasteiger partial charge on any atom is 0.244 e. The number of sulfonamides is 1. The van der Waals surface area contributed by atoms with Crippen LogP contribution in [-0.4, -0.2) is 46.0 Å². The van der Waals surface area contributed by atoms with E-state index in [0.29, 0.717) is 24.7 Å². The van der Waals surface area contributed by atoms with Crippen molar-refractivity contribution < 1.29 is 8.42 Å². The molecule has 4 rings (SSSR count). The molecule has 1 unspecified atom stereocenters. The monoisotopic (exact) mass is 394 g/mol. The van der Waals surface area contributed by atoms with Crippen molar-refractivity contribution in [3.8, 4) is 17.5 Å². The van der Waals surface area contributed by atoms with Gasteiger partial charge in [-0.05, 0) is 25.0 Å². The molecule has 1 N–H and O–H groups in total. The first-order chi connectivity index (χ1) is 13.6. The van der Waals surface area contributed by atoms with Crippen LogP contribution in [0.2, 0.25) is 0 Å². The Bertz CT molecular complexity index is 1100. The minimum Gasteiger partial charge on any atom is -0.262 e. The molecule has 0 spiro atoms. The van der Waals surface area contributed by atoms with Gasteiger partial charge in [0.05, 0.1) is 0 Å². The summed E-state index contributed by atoms with van der Waals surface area (Å²) in [5.74, 6) is 1.24. The van der Waals surface area contributed by atoms with Crippen LogP contribution in [0.5, 0.6) is 0 Å². The van der Waals surface area contributed by atoms with Crippen LogP contribution in [0, 0.1) is 11.3 Å². The minimum atomic E-state index is -3.67. The normalized spacial score (nSPS) is 17.9. The van der Waals surface area contributed by atoms with Gasteiger partial charge >= 0.3 is 0 Å². The molecule has 3 aromatic rings. The third-order valence-corrected chi connectivity index (χ3v) is 6.64. The van der Waals surface area contributed by atoms with Crippen LogP contribution in [0.1, 0.15) is 30.3 Å². The van der Waals surface area contributed by atoms with Crippen LogP contribution in [0.3, 0.4) is 0 Å². The highest BCUT2D eigenvalue weighted by Gasteiger charge is 2.32. The van der Waals surface area contributed by atoms with E-state index in [4.69, 9.17) is 5.26 Å². The summed E-state index contributed by atoms with van der Waals surface area (Å²) < 4.78 is 27.3. The Morgan fingerprint density at radius 3 is 2.71 bits per heavy atom. The van der Waals surface area contributed by atoms with Crippen LogP contribution in [0.25, 0.3) is 11.4 Å².